The van der Waals surface area contributed by atoms with Gasteiger partial charge in [0.15, 0.2) is 0 Å². The van der Waals surface area contributed by atoms with E-state index in [1.807, 2.05) is 71.3 Å². The Morgan fingerprint density at radius 1 is 1.00 bits per heavy atom. The maximum absolute atomic E-state index is 12.3. The van der Waals surface area contributed by atoms with E-state index in [-0.39, 0.29) is 11.8 Å². The molecule has 0 radical (unpaired) electrons. The van der Waals surface area contributed by atoms with Crippen LogP contribution >= 0.6 is 0 Å². The van der Waals surface area contributed by atoms with Crippen LogP contribution in [0.4, 0.5) is 0 Å². The number of hydrogen-bond acceptors (Lipinski definition) is 4. The first kappa shape index (κ1) is 21.0. The Morgan fingerprint density at radius 2 is 1.78 bits per heavy atom. The molecule has 2 aromatic heterocycles. The summed E-state index contributed by atoms with van der Waals surface area (Å²) >= 11 is 0. The van der Waals surface area contributed by atoms with Gasteiger partial charge < -0.3 is 10.6 Å². The van der Waals surface area contributed by atoms with Crippen molar-refractivity contribution in [2.45, 2.75) is 19.5 Å². The first-order chi connectivity index (χ1) is 15.6. The second-order valence-electron chi connectivity index (χ2n) is 7.32. The molecule has 2 amide bonds. The zero-order valence-electron chi connectivity index (χ0n) is 17.6. The summed E-state index contributed by atoms with van der Waals surface area (Å²) in [5, 5.41) is 5.49. The van der Waals surface area contributed by atoms with E-state index in [0.29, 0.717) is 6.54 Å². The largest absolute Gasteiger partial charge is 0.350 e. The van der Waals surface area contributed by atoms with Crippen LogP contribution in [-0.4, -0.2) is 32.4 Å². The van der Waals surface area contributed by atoms with Crippen molar-refractivity contribution in [1.29, 1.82) is 0 Å². The molecule has 4 aromatic rings. The fourth-order valence-corrected chi connectivity index (χ4v) is 3.21. The fraction of sp³-hybridized carbons (Fsp3) is 0.120. The molecule has 32 heavy (non-hydrogen) atoms. The van der Waals surface area contributed by atoms with Crippen molar-refractivity contribution >= 4 is 28.9 Å². The van der Waals surface area contributed by atoms with Gasteiger partial charge in [-0.2, -0.15) is 0 Å². The van der Waals surface area contributed by atoms with E-state index in [2.05, 4.69) is 20.6 Å². The van der Waals surface area contributed by atoms with E-state index in [4.69, 9.17) is 0 Å². The molecule has 0 aliphatic heterocycles. The van der Waals surface area contributed by atoms with Crippen LogP contribution in [0.5, 0.6) is 0 Å². The van der Waals surface area contributed by atoms with Crippen molar-refractivity contribution in [1.82, 2.24) is 25.2 Å². The van der Waals surface area contributed by atoms with Crippen LogP contribution in [0.3, 0.4) is 0 Å². The molecule has 0 saturated carbocycles. The van der Waals surface area contributed by atoms with Crippen LogP contribution in [0.15, 0.2) is 85.3 Å². The lowest BCUT2D eigenvalue weighted by Gasteiger charge is -2.13. The average molecular weight is 425 g/mol. The molecule has 0 spiro atoms. The molecule has 0 aliphatic rings. The van der Waals surface area contributed by atoms with Gasteiger partial charge in [-0.05, 0) is 42.3 Å². The molecule has 0 bridgehead atoms. The van der Waals surface area contributed by atoms with Gasteiger partial charge in [0.25, 0.3) is 0 Å². The molecule has 0 fully saturated rings. The molecule has 1 unspecified atom stereocenters. The van der Waals surface area contributed by atoms with Crippen molar-refractivity contribution in [2.24, 2.45) is 0 Å². The summed E-state index contributed by atoms with van der Waals surface area (Å²) in [7, 11) is 0. The molecule has 2 N–H and O–H groups in total. The predicted octanol–water partition coefficient (Wildman–Crippen LogP) is 3.25. The van der Waals surface area contributed by atoms with E-state index >= 15 is 0 Å². The van der Waals surface area contributed by atoms with Gasteiger partial charge in [0.2, 0.25) is 11.8 Å². The topological polar surface area (TPSA) is 88.9 Å². The van der Waals surface area contributed by atoms with Crippen molar-refractivity contribution in [3.63, 3.8) is 0 Å². The van der Waals surface area contributed by atoms with Gasteiger partial charge in [-0.25, -0.2) is 9.97 Å². The maximum Gasteiger partial charge on any atom is 0.244 e. The van der Waals surface area contributed by atoms with Crippen molar-refractivity contribution < 1.29 is 9.59 Å². The number of nitrogens with zero attached hydrogens (tertiary/aromatic N) is 3. The molecule has 2 aromatic carbocycles. The molecular weight excluding hydrogens is 402 g/mol. The van der Waals surface area contributed by atoms with Crippen molar-refractivity contribution in [2.75, 3.05) is 0 Å². The lowest BCUT2D eigenvalue weighted by molar-refractivity contribution is -0.126. The van der Waals surface area contributed by atoms with Crippen LogP contribution in [0, 0.1) is 0 Å². The zero-order valence-corrected chi connectivity index (χ0v) is 17.6. The molecule has 0 aliphatic carbocycles. The van der Waals surface area contributed by atoms with Gasteiger partial charge in [0.05, 0.1) is 11.0 Å². The number of carbonyl (C=O) groups excluding carboxylic acids is 2. The summed E-state index contributed by atoms with van der Waals surface area (Å²) in [5.74, 6) is 0.158. The molecule has 0 saturated heterocycles. The summed E-state index contributed by atoms with van der Waals surface area (Å²) < 4.78 is 1.91. The number of hydrogen-bond donors (Lipinski definition) is 2. The standard InChI is InChI=1S/C25H23N5O2/c1-18(29-24(31)14-12-19-7-3-2-4-8-19)25(32)27-16-20-11-13-23(26-15-20)30-17-28-21-9-5-6-10-22(21)30/h2-15,17-18H,16H2,1H3,(H,27,32)(H,29,31)/b14-12+. The highest BCUT2D eigenvalue weighted by atomic mass is 16.2. The van der Waals surface area contributed by atoms with Gasteiger partial charge in [0.1, 0.15) is 18.2 Å². The second-order valence-corrected chi connectivity index (χ2v) is 7.32. The minimum absolute atomic E-state index is 0.267. The highest BCUT2D eigenvalue weighted by molar-refractivity contribution is 5.95. The van der Waals surface area contributed by atoms with Crippen LogP contribution < -0.4 is 10.6 Å². The Morgan fingerprint density at radius 3 is 2.56 bits per heavy atom. The number of fused-ring (bicyclic) bond motifs is 1. The summed E-state index contributed by atoms with van der Waals surface area (Å²) in [6, 6.07) is 20.5. The normalized spacial score (nSPS) is 12.0. The third-order valence-corrected chi connectivity index (χ3v) is 4.96. The number of carbonyl (C=O) groups is 2. The number of imidazole rings is 1. The number of pyridine rings is 1. The first-order valence-electron chi connectivity index (χ1n) is 10.3. The monoisotopic (exact) mass is 425 g/mol. The second kappa shape index (κ2) is 9.70. The Kier molecular flexibility index (Phi) is 6.36. The van der Waals surface area contributed by atoms with E-state index in [1.165, 1.54) is 6.08 Å². The SMILES string of the molecule is CC(NC(=O)/C=C/c1ccccc1)C(=O)NCc1ccc(-n2cnc3ccccc32)nc1. The van der Waals surface area contributed by atoms with E-state index in [9.17, 15) is 9.59 Å². The highest BCUT2D eigenvalue weighted by Crippen LogP contribution is 2.16. The minimum atomic E-state index is -0.660. The summed E-state index contributed by atoms with van der Waals surface area (Å²) in [6.07, 6.45) is 6.58. The summed E-state index contributed by atoms with van der Waals surface area (Å²) in [6.45, 7) is 1.96. The van der Waals surface area contributed by atoms with Crippen molar-refractivity contribution in [3.05, 3.63) is 96.5 Å². The van der Waals surface area contributed by atoms with Gasteiger partial charge in [-0.3, -0.25) is 14.2 Å². The number of rotatable bonds is 7. The van der Waals surface area contributed by atoms with Gasteiger partial charge in [-0.1, -0.05) is 48.5 Å². The first-order valence-corrected chi connectivity index (χ1v) is 10.3. The Bertz CT molecular complexity index is 1250. The van der Waals surface area contributed by atoms with Crippen LogP contribution in [0.2, 0.25) is 0 Å². The van der Waals surface area contributed by atoms with E-state index < -0.39 is 6.04 Å². The third-order valence-electron chi connectivity index (χ3n) is 4.96. The smallest absolute Gasteiger partial charge is 0.244 e. The maximum atomic E-state index is 12.3. The molecule has 7 heteroatoms. The Hall–Kier alpha value is -4.26. The Balaban J connectivity index is 1.29. The molecular formula is C25H23N5O2. The van der Waals surface area contributed by atoms with E-state index in [1.54, 1.807) is 25.5 Å². The molecule has 7 nitrogen and oxygen atoms in total. The fourth-order valence-electron chi connectivity index (χ4n) is 3.21. The molecule has 1 atom stereocenters. The summed E-state index contributed by atoms with van der Waals surface area (Å²) in [4.78, 5) is 33.3. The number of nitrogens with one attached hydrogen (secondary N) is 2. The Labute approximate surface area is 185 Å². The highest BCUT2D eigenvalue weighted by Gasteiger charge is 2.14. The molecule has 2 heterocycles. The van der Waals surface area contributed by atoms with Crippen LogP contribution in [0.25, 0.3) is 22.9 Å². The van der Waals surface area contributed by atoms with E-state index in [0.717, 1.165) is 28.0 Å². The number of amides is 2. The number of benzene rings is 2. The van der Waals surface area contributed by atoms with Crippen LogP contribution in [-0.2, 0) is 16.1 Å². The minimum Gasteiger partial charge on any atom is -0.350 e. The number of para-hydroxylation sites is 2. The molecule has 160 valence electrons. The lowest BCUT2D eigenvalue weighted by Crippen LogP contribution is -2.44. The zero-order chi connectivity index (χ0) is 22.3. The van der Waals surface area contributed by atoms with Gasteiger partial charge >= 0.3 is 0 Å². The van der Waals surface area contributed by atoms with Gasteiger partial charge in [0, 0.05) is 18.8 Å². The van der Waals surface area contributed by atoms with Crippen LogP contribution in [0.1, 0.15) is 18.1 Å². The third kappa shape index (κ3) is 5.07. The predicted molar refractivity (Wildman–Crippen MR) is 124 cm³/mol. The average Bonchev–Trinajstić information content (AvgIpc) is 3.26. The summed E-state index contributed by atoms with van der Waals surface area (Å²) in [5.41, 5.74) is 3.65. The van der Waals surface area contributed by atoms with Crippen molar-refractivity contribution in [3.8, 4) is 5.82 Å². The van der Waals surface area contributed by atoms with Gasteiger partial charge in [-0.15, -0.1) is 0 Å². The molecule has 4 rings (SSSR count). The quantitative estimate of drug-likeness (QED) is 0.445. The lowest BCUT2D eigenvalue weighted by atomic mass is 10.2. The number of aromatic nitrogens is 3.